The third-order valence-corrected chi connectivity index (χ3v) is 7.76. The molecule has 0 amide bonds. The Labute approximate surface area is 165 Å². The van der Waals surface area contributed by atoms with Gasteiger partial charge in [0.05, 0.1) is 10.6 Å². The Hall–Kier alpha value is -1.70. The highest BCUT2D eigenvalue weighted by Crippen LogP contribution is 2.29. The quantitative estimate of drug-likeness (QED) is 0.783. The van der Waals surface area contributed by atoms with Crippen molar-refractivity contribution in [3.63, 3.8) is 0 Å². The van der Waals surface area contributed by atoms with Crippen LogP contribution in [-0.2, 0) is 23.0 Å². The van der Waals surface area contributed by atoms with Gasteiger partial charge in [0.15, 0.2) is 0 Å². The molecule has 6 nitrogen and oxygen atoms in total. The third kappa shape index (κ3) is 3.56. The SMILES string of the molecule is Cc1c(Cl)cccc1S(=O)(=O)N1CCc2nc(N3CCCCC3)ncc2C1. The molecular weight excluding hydrogens is 384 g/mol. The monoisotopic (exact) mass is 406 g/mol. The fourth-order valence-corrected chi connectivity index (χ4v) is 5.63. The second-order valence-electron chi connectivity index (χ2n) is 7.14. The summed E-state index contributed by atoms with van der Waals surface area (Å²) in [5, 5.41) is 0.461. The van der Waals surface area contributed by atoms with Crippen molar-refractivity contribution in [3.8, 4) is 0 Å². The molecule has 0 spiro atoms. The highest BCUT2D eigenvalue weighted by atomic mass is 35.5. The van der Waals surface area contributed by atoms with Crippen LogP contribution in [0.4, 0.5) is 5.95 Å². The van der Waals surface area contributed by atoms with Gasteiger partial charge in [-0.1, -0.05) is 17.7 Å². The molecule has 0 atom stereocenters. The number of fused-ring (bicyclic) bond motifs is 1. The first-order valence-electron chi connectivity index (χ1n) is 9.32. The molecule has 144 valence electrons. The summed E-state index contributed by atoms with van der Waals surface area (Å²) in [5.41, 5.74) is 2.42. The highest BCUT2D eigenvalue weighted by molar-refractivity contribution is 7.89. The van der Waals surface area contributed by atoms with Crippen molar-refractivity contribution < 1.29 is 8.42 Å². The number of sulfonamides is 1. The minimum absolute atomic E-state index is 0.268. The van der Waals surface area contributed by atoms with E-state index in [0.717, 1.165) is 30.3 Å². The fraction of sp³-hybridized carbons (Fsp3) is 0.474. The first-order chi connectivity index (χ1) is 13.0. The lowest BCUT2D eigenvalue weighted by Crippen LogP contribution is -2.37. The van der Waals surface area contributed by atoms with E-state index in [9.17, 15) is 8.42 Å². The van der Waals surface area contributed by atoms with Crippen molar-refractivity contribution in [1.29, 1.82) is 0 Å². The zero-order valence-corrected chi connectivity index (χ0v) is 16.9. The van der Waals surface area contributed by atoms with E-state index in [1.165, 1.54) is 23.6 Å². The Morgan fingerprint density at radius 3 is 2.67 bits per heavy atom. The lowest BCUT2D eigenvalue weighted by molar-refractivity contribution is 0.386. The van der Waals surface area contributed by atoms with Crippen molar-refractivity contribution in [1.82, 2.24) is 14.3 Å². The number of hydrogen-bond donors (Lipinski definition) is 0. The summed E-state index contributed by atoms with van der Waals surface area (Å²) in [6.45, 7) is 4.43. The van der Waals surface area contributed by atoms with Crippen LogP contribution in [0.5, 0.6) is 0 Å². The van der Waals surface area contributed by atoms with Gasteiger partial charge in [-0.2, -0.15) is 4.31 Å². The number of hydrogen-bond acceptors (Lipinski definition) is 5. The van der Waals surface area contributed by atoms with Gasteiger partial charge in [0.1, 0.15) is 0 Å². The minimum Gasteiger partial charge on any atom is -0.341 e. The van der Waals surface area contributed by atoms with Gasteiger partial charge in [-0.15, -0.1) is 0 Å². The molecule has 0 saturated carbocycles. The second-order valence-corrected chi connectivity index (χ2v) is 9.45. The molecule has 1 aromatic heterocycles. The number of rotatable bonds is 3. The molecule has 27 heavy (non-hydrogen) atoms. The molecule has 3 heterocycles. The largest absolute Gasteiger partial charge is 0.341 e. The fourth-order valence-electron chi connectivity index (χ4n) is 3.74. The molecule has 0 N–H and O–H groups in total. The molecule has 2 aromatic rings. The maximum absolute atomic E-state index is 13.1. The molecule has 1 aromatic carbocycles. The van der Waals surface area contributed by atoms with Gasteiger partial charge in [0, 0.05) is 49.4 Å². The summed E-state index contributed by atoms with van der Waals surface area (Å²) in [4.78, 5) is 11.7. The van der Waals surface area contributed by atoms with Crippen LogP contribution in [0.1, 0.15) is 36.1 Å². The summed E-state index contributed by atoms with van der Waals surface area (Å²) in [7, 11) is -3.61. The van der Waals surface area contributed by atoms with Gasteiger partial charge in [0.25, 0.3) is 0 Å². The molecule has 2 aliphatic rings. The summed E-state index contributed by atoms with van der Waals surface area (Å²) in [6.07, 6.45) is 5.99. The van der Waals surface area contributed by atoms with Crippen molar-refractivity contribution >= 4 is 27.6 Å². The average Bonchev–Trinajstić information content (AvgIpc) is 2.69. The van der Waals surface area contributed by atoms with Gasteiger partial charge in [-0.3, -0.25) is 0 Å². The van der Waals surface area contributed by atoms with Crippen molar-refractivity contribution in [2.45, 2.75) is 44.0 Å². The van der Waals surface area contributed by atoms with Crippen molar-refractivity contribution in [2.75, 3.05) is 24.5 Å². The van der Waals surface area contributed by atoms with Crippen LogP contribution in [0.25, 0.3) is 0 Å². The van der Waals surface area contributed by atoms with Crippen LogP contribution >= 0.6 is 11.6 Å². The Bertz CT molecular complexity index is 958. The molecule has 0 radical (unpaired) electrons. The molecule has 0 aliphatic carbocycles. The molecule has 8 heteroatoms. The van der Waals surface area contributed by atoms with Gasteiger partial charge in [-0.25, -0.2) is 18.4 Å². The summed E-state index contributed by atoms with van der Waals surface area (Å²) in [6, 6.07) is 4.99. The Morgan fingerprint density at radius 2 is 1.89 bits per heavy atom. The Morgan fingerprint density at radius 1 is 1.11 bits per heavy atom. The molecule has 2 aliphatic heterocycles. The van der Waals surface area contributed by atoms with Gasteiger partial charge in [-0.05, 0) is 43.9 Å². The maximum Gasteiger partial charge on any atom is 0.243 e. The van der Waals surface area contributed by atoms with E-state index in [2.05, 4.69) is 9.88 Å². The van der Waals surface area contributed by atoms with Crippen LogP contribution in [0.15, 0.2) is 29.3 Å². The van der Waals surface area contributed by atoms with Gasteiger partial charge in [0.2, 0.25) is 16.0 Å². The van der Waals surface area contributed by atoms with Crippen LogP contribution in [0.3, 0.4) is 0 Å². The second kappa shape index (κ2) is 7.37. The van der Waals surface area contributed by atoms with Crippen LogP contribution in [0, 0.1) is 6.92 Å². The van der Waals surface area contributed by atoms with E-state index >= 15 is 0 Å². The molecule has 0 unspecified atom stereocenters. The number of piperidine rings is 1. The van der Waals surface area contributed by atoms with E-state index < -0.39 is 10.0 Å². The standard InChI is InChI=1S/C19H23ClN4O2S/c1-14-16(20)6-5-7-18(14)27(25,26)24-11-8-17-15(13-24)12-21-19(22-17)23-9-3-2-4-10-23/h5-7,12H,2-4,8-11,13H2,1H3. The maximum atomic E-state index is 13.1. The van der Waals surface area contributed by atoms with Gasteiger partial charge >= 0.3 is 0 Å². The molecule has 1 fully saturated rings. The number of halogens is 1. The van der Waals surface area contributed by atoms with Crippen LogP contribution in [0.2, 0.25) is 5.02 Å². The number of nitrogens with zero attached hydrogens (tertiary/aromatic N) is 4. The summed E-state index contributed by atoms with van der Waals surface area (Å²) >= 11 is 6.12. The first kappa shape index (κ1) is 18.7. The lowest BCUT2D eigenvalue weighted by Gasteiger charge is -2.30. The molecular formula is C19H23ClN4O2S. The Kier molecular flexibility index (Phi) is 5.09. The van der Waals surface area contributed by atoms with Crippen LogP contribution < -0.4 is 4.90 Å². The number of aromatic nitrogens is 2. The predicted molar refractivity (Wildman–Crippen MR) is 106 cm³/mol. The molecule has 0 bridgehead atoms. The summed E-state index contributed by atoms with van der Waals surface area (Å²) in [5.74, 6) is 0.774. The van der Waals surface area contributed by atoms with Crippen molar-refractivity contribution in [3.05, 3.63) is 46.2 Å². The number of benzene rings is 1. The molecule has 4 rings (SSSR count). The van der Waals surface area contributed by atoms with E-state index in [1.807, 2.05) is 0 Å². The van der Waals surface area contributed by atoms with E-state index in [1.54, 1.807) is 31.3 Å². The predicted octanol–water partition coefficient (Wildman–Crippen LogP) is 3.18. The van der Waals surface area contributed by atoms with Gasteiger partial charge < -0.3 is 4.90 Å². The summed E-state index contributed by atoms with van der Waals surface area (Å²) < 4.78 is 27.7. The average molecular weight is 407 g/mol. The topological polar surface area (TPSA) is 66.4 Å². The van der Waals surface area contributed by atoms with E-state index in [0.29, 0.717) is 30.1 Å². The van der Waals surface area contributed by atoms with E-state index in [-0.39, 0.29) is 4.90 Å². The zero-order chi connectivity index (χ0) is 19.0. The lowest BCUT2D eigenvalue weighted by atomic mass is 10.1. The first-order valence-corrected chi connectivity index (χ1v) is 11.1. The molecule has 1 saturated heterocycles. The normalized spacial score (nSPS) is 18.4. The van der Waals surface area contributed by atoms with Crippen LogP contribution in [-0.4, -0.2) is 42.3 Å². The Balaban J connectivity index is 1.58. The number of anilines is 1. The smallest absolute Gasteiger partial charge is 0.243 e. The highest BCUT2D eigenvalue weighted by Gasteiger charge is 2.31. The van der Waals surface area contributed by atoms with E-state index in [4.69, 9.17) is 16.6 Å². The zero-order valence-electron chi connectivity index (χ0n) is 15.4. The minimum atomic E-state index is -3.61. The van der Waals surface area contributed by atoms with Crippen molar-refractivity contribution in [2.24, 2.45) is 0 Å². The third-order valence-electron chi connectivity index (χ3n) is 5.36.